The summed E-state index contributed by atoms with van der Waals surface area (Å²) in [5.74, 6) is -0.386. The van der Waals surface area contributed by atoms with Crippen LogP contribution in [0.4, 0.5) is 0 Å². The van der Waals surface area contributed by atoms with Crippen molar-refractivity contribution >= 4 is 27.6 Å². The number of nitrogens with one attached hydrogen (secondary N) is 1. The predicted octanol–water partition coefficient (Wildman–Crippen LogP) is 2.47. The molecule has 0 aromatic carbocycles. The molecule has 16 heavy (non-hydrogen) atoms. The van der Waals surface area contributed by atoms with Gasteiger partial charge in [-0.25, -0.2) is 4.79 Å². The highest BCUT2D eigenvalue weighted by Gasteiger charge is 2.07. The first kappa shape index (κ1) is 13.0. The summed E-state index contributed by atoms with van der Waals surface area (Å²) < 4.78 is 5.98. The number of hydrazone groups is 1. The van der Waals surface area contributed by atoms with Crippen molar-refractivity contribution < 1.29 is 9.53 Å². The van der Waals surface area contributed by atoms with Gasteiger partial charge in [-0.05, 0) is 37.2 Å². The third-order valence-electron chi connectivity index (χ3n) is 2.04. The molecule has 0 aromatic heterocycles. The number of hydrogen-bond donors (Lipinski definition) is 1. The lowest BCUT2D eigenvalue weighted by atomic mass is 10.1. The van der Waals surface area contributed by atoms with Crippen molar-refractivity contribution in [3.63, 3.8) is 0 Å². The van der Waals surface area contributed by atoms with Gasteiger partial charge in [0, 0.05) is 5.70 Å². The lowest BCUT2D eigenvalue weighted by Gasteiger charge is -2.10. The van der Waals surface area contributed by atoms with Crippen molar-refractivity contribution in [2.24, 2.45) is 5.10 Å². The van der Waals surface area contributed by atoms with Crippen molar-refractivity contribution in [1.82, 2.24) is 5.43 Å². The van der Waals surface area contributed by atoms with Gasteiger partial charge < -0.3 is 4.74 Å². The Kier molecular flexibility index (Phi) is 5.25. The SMILES string of the molecule is CCOC(=O)C(C)=NNC1=CC=C(Br)CC1. The van der Waals surface area contributed by atoms with Gasteiger partial charge in [0.1, 0.15) is 5.71 Å². The molecular weight excluding hydrogens is 272 g/mol. The number of halogens is 1. The second-order valence-electron chi connectivity index (χ2n) is 3.33. The summed E-state index contributed by atoms with van der Waals surface area (Å²) in [5, 5.41) is 3.97. The van der Waals surface area contributed by atoms with Gasteiger partial charge in [0.25, 0.3) is 0 Å². The number of rotatable bonds is 4. The molecular formula is C11H15BrN2O2. The third kappa shape index (κ3) is 4.18. The molecule has 0 heterocycles. The second-order valence-corrected chi connectivity index (χ2v) is 4.35. The van der Waals surface area contributed by atoms with Crippen LogP contribution in [-0.2, 0) is 9.53 Å². The first-order valence-corrected chi connectivity index (χ1v) is 5.95. The molecule has 5 heteroatoms. The van der Waals surface area contributed by atoms with Crippen molar-refractivity contribution in [2.75, 3.05) is 6.61 Å². The maximum atomic E-state index is 11.2. The Labute approximate surface area is 104 Å². The highest BCUT2D eigenvalue weighted by molar-refractivity contribution is 9.11. The van der Waals surface area contributed by atoms with Gasteiger partial charge in [-0.15, -0.1) is 0 Å². The maximum absolute atomic E-state index is 11.2. The van der Waals surface area contributed by atoms with Gasteiger partial charge in [0.05, 0.1) is 6.61 Å². The predicted molar refractivity (Wildman–Crippen MR) is 67.2 cm³/mol. The molecule has 0 fully saturated rings. The molecule has 0 radical (unpaired) electrons. The van der Waals surface area contributed by atoms with Gasteiger partial charge in [-0.2, -0.15) is 5.10 Å². The molecule has 1 aliphatic carbocycles. The van der Waals surface area contributed by atoms with Crippen LogP contribution >= 0.6 is 15.9 Å². The zero-order valence-corrected chi connectivity index (χ0v) is 11.0. The Morgan fingerprint density at radius 2 is 2.31 bits per heavy atom. The van der Waals surface area contributed by atoms with Crippen LogP contribution in [0.1, 0.15) is 26.7 Å². The summed E-state index contributed by atoms with van der Waals surface area (Å²) in [6.45, 7) is 3.76. The van der Waals surface area contributed by atoms with E-state index in [9.17, 15) is 4.79 Å². The van der Waals surface area contributed by atoms with Gasteiger partial charge >= 0.3 is 5.97 Å². The van der Waals surface area contributed by atoms with Crippen LogP contribution in [-0.4, -0.2) is 18.3 Å². The summed E-state index contributed by atoms with van der Waals surface area (Å²) >= 11 is 3.42. The molecule has 88 valence electrons. The van der Waals surface area contributed by atoms with Crippen molar-refractivity contribution in [3.05, 3.63) is 22.3 Å². The number of carbonyl (C=O) groups excluding carboxylic acids is 1. The molecule has 0 bridgehead atoms. The molecule has 0 spiro atoms. The molecule has 0 aliphatic heterocycles. The van der Waals surface area contributed by atoms with E-state index in [4.69, 9.17) is 4.74 Å². The van der Waals surface area contributed by atoms with Crippen LogP contribution < -0.4 is 5.43 Å². The summed E-state index contributed by atoms with van der Waals surface area (Å²) in [7, 11) is 0. The summed E-state index contributed by atoms with van der Waals surface area (Å²) in [5.41, 5.74) is 4.19. The molecule has 4 nitrogen and oxygen atoms in total. The molecule has 0 saturated carbocycles. The van der Waals surface area contributed by atoms with Gasteiger partial charge in [0.2, 0.25) is 0 Å². The minimum Gasteiger partial charge on any atom is -0.461 e. The largest absolute Gasteiger partial charge is 0.461 e. The zero-order valence-electron chi connectivity index (χ0n) is 9.42. The van der Waals surface area contributed by atoms with Crippen LogP contribution in [0.25, 0.3) is 0 Å². The Hall–Kier alpha value is -1.10. The number of carbonyl (C=O) groups is 1. The summed E-state index contributed by atoms with van der Waals surface area (Å²) in [4.78, 5) is 11.2. The lowest BCUT2D eigenvalue weighted by molar-refractivity contribution is -0.135. The minimum absolute atomic E-state index is 0.330. The van der Waals surface area contributed by atoms with Crippen LogP contribution in [0.3, 0.4) is 0 Å². The standard InChI is InChI=1S/C11H15BrN2O2/c1-3-16-11(15)8(2)13-14-10-6-4-9(12)5-7-10/h4,6,14H,3,5,7H2,1-2H3. The normalized spacial score (nSPS) is 16.3. The Balaban J connectivity index is 2.50. The number of nitrogens with zero attached hydrogens (tertiary/aromatic N) is 1. The smallest absolute Gasteiger partial charge is 0.354 e. The van der Waals surface area contributed by atoms with E-state index in [2.05, 4.69) is 26.5 Å². The number of ether oxygens (including phenoxy) is 1. The van der Waals surface area contributed by atoms with E-state index < -0.39 is 0 Å². The molecule has 0 atom stereocenters. The zero-order chi connectivity index (χ0) is 12.0. The number of esters is 1. The van der Waals surface area contributed by atoms with Crippen molar-refractivity contribution in [1.29, 1.82) is 0 Å². The van der Waals surface area contributed by atoms with E-state index in [-0.39, 0.29) is 5.97 Å². The quantitative estimate of drug-likeness (QED) is 0.491. The average molecular weight is 287 g/mol. The molecule has 0 aromatic rings. The van der Waals surface area contributed by atoms with Gasteiger partial charge in [-0.3, -0.25) is 5.43 Å². The first-order chi connectivity index (χ1) is 7.63. The van der Waals surface area contributed by atoms with Crippen molar-refractivity contribution in [3.8, 4) is 0 Å². The first-order valence-electron chi connectivity index (χ1n) is 5.16. The van der Waals surface area contributed by atoms with Crippen LogP contribution in [0, 0.1) is 0 Å². The fourth-order valence-corrected chi connectivity index (χ4v) is 1.47. The highest BCUT2D eigenvalue weighted by Crippen LogP contribution is 2.20. The van der Waals surface area contributed by atoms with E-state index in [1.807, 2.05) is 12.2 Å². The maximum Gasteiger partial charge on any atom is 0.354 e. The van der Waals surface area contributed by atoms with E-state index in [0.29, 0.717) is 12.3 Å². The van der Waals surface area contributed by atoms with Gasteiger partial charge in [-0.1, -0.05) is 22.0 Å². The Bertz CT molecular complexity index is 359. The molecule has 1 aliphatic rings. The van der Waals surface area contributed by atoms with Crippen molar-refractivity contribution in [2.45, 2.75) is 26.7 Å². The molecule has 0 saturated heterocycles. The van der Waals surface area contributed by atoms with Gasteiger partial charge in [0.15, 0.2) is 0 Å². The van der Waals surface area contributed by atoms with Crippen LogP contribution in [0.15, 0.2) is 27.4 Å². The third-order valence-corrected chi connectivity index (χ3v) is 2.70. The van der Waals surface area contributed by atoms with E-state index in [0.717, 1.165) is 18.5 Å². The molecule has 1 N–H and O–H groups in total. The summed E-state index contributed by atoms with van der Waals surface area (Å²) in [6.07, 6.45) is 5.75. The number of hydrogen-bond acceptors (Lipinski definition) is 4. The molecule has 0 unspecified atom stereocenters. The van der Waals surface area contributed by atoms with E-state index >= 15 is 0 Å². The fraction of sp³-hybridized carbons (Fsp3) is 0.455. The lowest BCUT2D eigenvalue weighted by Crippen LogP contribution is -2.18. The topological polar surface area (TPSA) is 50.7 Å². The second kappa shape index (κ2) is 6.48. The monoisotopic (exact) mass is 286 g/mol. The fourth-order valence-electron chi connectivity index (χ4n) is 1.14. The number of allylic oxidation sites excluding steroid dienone is 4. The van der Waals surface area contributed by atoms with Crippen LogP contribution in [0.2, 0.25) is 0 Å². The highest BCUT2D eigenvalue weighted by atomic mass is 79.9. The van der Waals surface area contributed by atoms with Crippen LogP contribution in [0.5, 0.6) is 0 Å². The summed E-state index contributed by atoms with van der Waals surface area (Å²) in [6, 6.07) is 0. The average Bonchev–Trinajstić information content (AvgIpc) is 2.28. The molecule has 1 rings (SSSR count). The Morgan fingerprint density at radius 1 is 1.56 bits per heavy atom. The van der Waals surface area contributed by atoms with E-state index in [1.54, 1.807) is 13.8 Å². The minimum atomic E-state index is -0.386. The molecule has 0 amide bonds. The van der Waals surface area contributed by atoms with E-state index in [1.165, 1.54) is 4.48 Å². The Morgan fingerprint density at radius 3 is 2.88 bits per heavy atom.